The predicted molar refractivity (Wildman–Crippen MR) is 41.8 cm³/mol. The predicted octanol–water partition coefficient (Wildman–Crippen LogP) is -7.38. The largest absolute Gasteiger partial charge is 3.00 e. The van der Waals surface area contributed by atoms with Crippen molar-refractivity contribution in [2.24, 2.45) is 0 Å². The van der Waals surface area contributed by atoms with E-state index in [0.29, 0.717) is 0 Å². The normalized spacial score (nSPS) is 6.93. The van der Waals surface area contributed by atoms with E-state index in [0.717, 1.165) is 12.8 Å². The van der Waals surface area contributed by atoms with E-state index in [1.807, 2.05) is 18.2 Å². The van der Waals surface area contributed by atoms with E-state index in [2.05, 4.69) is 12.1 Å². The van der Waals surface area contributed by atoms with Crippen molar-refractivity contribution in [1.82, 2.24) is 0 Å². The van der Waals surface area contributed by atoms with Crippen LogP contribution in [0.2, 0.25) is 0 Å². The summed E-state index contributed by atoms with van der Waals surface area (Å²) < 4.78 is 0. The van der Waals surface area contributed by atoms with E-state index < -0.39 is 0 Å². The summed E-state index contributed by atoms with van der Waals surface area (Å²) in [5.41, 5.74) is 1.30. The Labute approximate surface area is 119 Å². The number of aliphatic hydroxyl groups is 1. The molecule has 79 valence electrons. The first kappa shape index (κ1) is 24.1. The van der Waals surface area contributed by atoms with Gasteiger partial charge >= 0.3 is 21.7 Å². The molecule has 1 rings (SSSR count). The second kappa shape index (κ2) is 16.2. The van der Waals surface area contributed by atoms with Gasteiger partial charge in [-0.3, -0.25) is 0 Å². The van der Waals surface area contributed by atoms with Crippen molar-refractivity contribution >= 4 is 0 Å². The molecule has 0 aliphatic rings. The Hall–Kier alpha value is 0.764. The fourth-order valence-electron chi connectivity index (χ4n) is 0.928. The molecule has 0 amide bonds. The standard InChI is InChI=1S/C9H12O.3ClH.Ti/c10-8-4-7-9-5-2-1-3-6-9;;;;/h1-3,5-6,10H,4,7-8H2;3*1H;/q;;;;+3/p-3. The number of aryl methyl sites for hydroxylation is 1. The van der Waals surface area contributed by atoms with E-state index >= 15 is 0 Å². The Morgan fingerprint density at radius 2 is 1.43 bits per heavy atom. The first-order chi connectivity index (χ1) is 4.93. The molecule has 5 heteroatoms. The summed E-state index contributed by atoms with van der Waals surface area (Å²) in [6.45, 7) is 0.287. The minimum Gasteiger partial charge on any atom is -1.00 e. The molecular weight excluding hydrogens is 278 g/mol. The Balaban J connectivity index is -0.000000125. The van der Waals surface area contributed by atoms with Crippen LogP contribution in [0.25, 0.3) is 0 Å². The zero-order valence-electron chi connectivity index (χ0n) is 7.59. The molecule has 1 aromatic carbocycles. The van der Waals surface area contributed by atoms with E-state index in [1.54, 1.807) is 0 Å². The molecule has 0 aromatic heterocycles. The third kappa shape index (κ3) is 10.8. The third-order valence-corrected chi connectivity index (χ3v) is 1.47. The Kier molecular flexibility index (Phi) is 27.9. The van der Waals surface area contributed by atoms with Crippen molar-refractivity contribution in [2.45, 2.75) is 12.8 Å². The summed E-state index contributed by atoms with van der Waals surface area (Å²) in [5, 5.41) is 8.53. The summed E-state index contributed by atoms with van der Waals surface area (Å²) in [6.07, 6.45) is 1.85. The number of benzene rings is 1. The van der Waals surface area contributed by atoms with Gasteiger partial charge in [0.25, 0.3) is 0 Å². The van der Waals surface area contributed by atoms with Crippen molar-refractivity contribution in [2.75, 3.05) is 6.61 Å². The minimum atomic E-state index is 0. The first-order valence-corrected chi connectivity index (χ1v) is 3.58. The van der Waals surface area contributed by atoms with Crippen LogP contribution in [0.15, 0.2) is 30.3 Å². The fraction of sp³-hybridized carbons (Fsp3) is 0.333. The van der Waals surface area contributed by atoms with E-state index in [1.165, 1.54) is 5.56 Å². The Bertz CT molecular complexity index is 185. The van der Waals surface area contributed by atoms with Crippen molar-refractivity contribution in [3.8, 4) is 0 Å². The second-order valence-electron chi connectivity index (χ2n) is 2.31. The number of aliphatic hydroxyl groups excluding tert-OH is 1. The van der Waals surface area contributed by atoms with Crippen molar-refractivity contribution < 1.29 is 64.0 Å². The van der Waals surface area contributed by atoms with E-state index in [-0.39, 0.29) is 65.5 Å². The Morgan fingerprint density at radius 3 is 1.86 bits per heavy atom. The van der Waals surface area contributed by atoms with E-state index in [9.17, 15) is 0 Å². The molecule has 0 aliphatic carbocycles. The van der Waals surface area contributed by atoms with Crippen molar-refractivity contribution in [1.29, 1.82) is 0 Å². The van der Waals surface area contributed by atoms with Gasteiger partial charge in [-0.2, -0.15) is 0 Å². The average molecular weight is 290 g/mol. The summed E-state index contributed by atoms with van der Waals surface area (Å²) >= 11 is 0. The zero-order valence-corrected chi connectivity index (χ0v) is 11.4. The van der Waals surface area contributed by atoms with Crippen LogP contribution in [0.1, 0.15) is 12.0 Å². The first-order valence-electron chi connectivity index (χ1n) is 3.58. The van der Waals surface area contributed by atoms with Gasteiger partial charge in [-0.15, -0.1) is 0 Å². The molecule has 0 unspecified atom stereocenters. The van der Waals surface area contributed by atoms with Crippen LogP contribution < -0.4 is 37.2 Å². The maximum Gasteiger partial charge on any atom is 3.00 e. The maximum absolute atomic E-state index is 8.53. The summed E-state index contributed by atoms with van der Waals surface area (Å²) in [5.74, 6) is 0. The number of halogens is 3. The zero-order chi connectivity index (χ0) is 7.23. The number of hydrogen-bond donors (Lipinski definition) is 1. The maximum atomic E-state index is 8.53. The topological polar surface area (TPSA) is 20.2 Å². The van der Waals surface area contributed by atoms with Crippen LogP contribution >= 0.6 is 0 Å². The molecule has 0 saturated carbocycles. The molecule has 0 fully saturated rings. The van der Waals surface area contributed by atoms with Gasteiger partial charge < -0.3 is 42.3 Å². The molecule has 1 aromatic rings. The molecule has 14 heavy (non-hydrogen) atoms. The summed E-state index contributed by atoms with van der Waals surface area (Å²) in [7, 11) is 0. The van der Waals surface area contributed by atoms with Gasteiger partial charge in [0.1, 0.15) is 0 Å². The minimum absolute atomic E-state index is 0. The fourth-order valence-corrected chi connectivity index (χ4v) is 0.928. The quantitative estimate of drug-likeness (QED) is 0.549. The van der Waals surface area contributed by atoms with Crippen LogP contribution in [-0.4, -0.2) is 11.7 Å². The van der Waals surface area contributed by atoms with Gasteiger partial charge in [0.15, 0.2) is 0 Å². The summed E-state index contributed by atoms with van der Waals surface area (Å²) in [4.78, 5) is 0. The molecule has 0 atom stereocenters. The summed E-state index contributed by atoms with van der Waals surface area (Å²) in [6, 6.07) is 10.2. The van der Waals surface area contributed by atoms with Crippen LogP contribution in [-0.2, 0) is 28.1 Å². The molecule has 1 nitrogen and oxygen atoms in total. The third-order valence-electron chi connectivity index (χ3n) is 1.47. The van der Waals surface area contributed by atoms with Crippen LogP contribution in [0.3, 0.4) is 0 Å². The van der Waals surface area contributed by atoms with Gasteiger partial charge in [0.2, 0.25) is 0 Å². The average Bonchev–Trinajstić information content (AvgIpc) is 2.03. The molecule has 0 heterocycles. The monoisotopic (exact) mass is 289 g/mol. The van der Waals surface area contributed by atoms with Crippen molar-refractivity contribution in [3.63, 3.8) is 0 Å². The number of hydrogen-bond acceptors (Lipinski definition) is 1. The van der Waals surface area contributed by atoms with Gasteiger partial charge in [-0.05, 0) is 18.4 Å². The molecule has 0 spiro atoms. The van der Waals surface area contributed by atoms with Crippen LogP contribution in [0.5, 0.6) is 0 Å². The van der Waals surface area contributed by atoms with Crippen molar-refractivity contribution in [3.05, 3.63) is 35.9 Å². The molecule has 1 radical (unpaired) electrons. The van der Waals surface area contributed by atoms with Crippen LogP contribution in [0, 0.1) is 0 Å². The molecule has 0 bridgehead atoms. The van der Waals surface area contributed by atoms with Gasteiger partial charge in [-0.1, -0.05) is 30.3 Å². The Morgan fingerprint density at radius 1 is 0.929 bits per heavy atom. The van der Waals surface area contributed by atoms with Gasteiger partial charge in [0, 0.05) is 6.61 Å². The smallest absolute Gasteiger partial charge is 1.00 e. The number of rotatable bonds is 3. The molecule has 1 N–H and O–H groups in total. The van der Waals surface area contributed by atoms with Gasteiger partial charge in [0.05, 0.1) is 0 Å². The van der Waals surface area contributed by atoms with Crippen LogP contribution in [0.4, 0.5) is 0 Å². The SMILES string of the molecule is OCCCc1ccccc1.[Cl-].[Cl-].[Cl-].[Ti+3]. The molecular formula is C9H12Cl3OTi. The second-order valence-corrected chi connectivity index (χ2v) is 2.31. The molecule has 0 saturated heterocycles. The van der Waals surface area contributed by atoms with E-state index in [4.69, 9.17) is 5.11 Å². The molecule has 0 aliphatic heterocycles. The van der Waals surface area contributed by atoms with Gasteiger partial charge in [-0.25, -0.2) is 0 Å².